The Morgan fingerprint density at radius 3 is 2.14 bits per heavy atom. The normalized spacial score (nSPS) is 13.7. The second kappa shape index (κ2) is 8.62. The molecule has 0 aliphatic heterocycles. The molecule has 0 aromatic carbocycles. The van der Waals surface area contributed by atoms with Gasteiger partial charge < -0.3 is 19.9 Å². The van der Waals surface area contributed by atoms with Crippen LogP contribution in [0, 0.1) is 5.41 Å². The zero-order chi connectivity index (χ0) is 17.5. The number of thioether (sulfide) groups is 1. The van der Waals surface area contributed by atoms with Crippen molar-refractivity contribution in [2.24, 2.45) is 5.41 Å². The Kier molecular flexibility index (Phi) is 7.93. The topological polar surface area (TPSA) is 119 Å². The number of carbonyl (C=O) groups is 4. The number of esters is 1. The zero-order valence-corrected chi connectivity index (χ0v) is 14.0. The highest BCUT2D eigenvalue weighted by molar-refractivity contribution is 8.13. The minimum atomic E-state index is -1.26. The van der Waals surface area contributed by atoms with E-state index in [1.54, 1.807) is 20.8 Å². The van der Waals surface area contributed by atoms with Crippen LogP contribution in [-0.2, 0) is 23.9 Å². The van der Waals surface area contributed by atoms with Gasteiger partial charge in [-0.05, 0) is 32.5 Å². The Hall–Kier alpha value is -1.77. The van der Waals surface area contributed by atoms with Crippen molar-refractivity contribution in [2.45, 2.75) is 47.0 Å². The van der Waals surface area contributed by atoms with Gasteiger partial charge in [-0.25, -0.2) is 9.59 Å². The second-order valence-electron chi connectivity index (χ2n) is 5.49. The van der Waals surface area contributed by atoms with Crippen molar-refractivity contribution >= 4 is 34.9 Å². The molecule has 8 nitrogen and oxygen atoms in total. The lowest BCUT2D eigenvalue weighted by Gasteiger charge is -2.20. The number of aliphatic carboxylic acids is 1. The molecule has 0 radical (unpaired) electrons. The van der Waals surface area contributed by atoms with Gasteiger partial charge in [-0.1, -0.05) is 0 Å². The lowest BCUT2D eigenvalue weighted by atomic mass is 9.97. The fourth-order valence-electron chi connectivity index (χ4n) is 1.09. The smallest absolute Gasteiger partial charge is 0.370 e. The van der Waals surface area contributed by atoms with Crippen molar-refractivity contribution in [3.05, 3.63) is 0 Å². The van der Waals surface area contributed by atoms with Crippen molar-refractivity contribution in [1.29, 1.82) is 0 Å². The van der Waals surface area contributed by atoms with E-state index in [1.165, 1.54) is 13.8 Å². The zero-order valence-electron chi connectivity index (χ0n) is 13.2. The Labute approximate surface area is 132 Å². The minimum Gasteiger partial charge on any atom is -0.480 e. The standard InChI is InChI=1S/C13H21NO7S/c1-7(15)14-9(10(16)17)6-22-12(19)21-8(2)20-11(18)13(3,4)5/h8-9H,6H2,1-5H3,(H,14,15)(H,16,17)/t8-,9-/m0/s1. The van der Waals surface area contributed by atoms with E-state index in [1.807, 2.05) is 0 Å². The number of carboxylic acid groups (broad SMARTS) is 1. The van der Waals surface area contributed by atoms with E-state index < -0.39 is 40.9 Å². The average molecular weight is 335 g/mol. The van der Waals surface area contributed by atoms with Crippen molar-refractivity contribution in [3.63, 3.8) is 0 Å². The summed E-state index contributed by atoms with van der Waals surface area (Å²) in [5.74, 6) is -2.51. The first-order valence-corrected chi connectivity index (χ1v) is 7.46. The molecule has 0 aromatic rings. The molecule has 0 spiro atoms. The molecule has 126 valence electrons. The highest BCUT2D eigenvalue weighted by Gasteiger charge is 2.27. The number of carboxylic acids is 1. The van der Waals surface area contributed by atoms with Crippen LogP contribution in [0.5, 0.6) is 0 Å². The fourth-order valence-corrected chi connectivity index (χ4v) is 1.82. The Bertz CT molecular complexity index is 444. The van der Waals surface area contributed by atoms with Crippen LogP contribution in [-0.4, -0.2) is 46.3 Å². The molecular formula is C13H21NO7S. The first kappa shape index (κ1) is 20.2. The van der Waals surface area contributed by atoms with E-state index in [4.69, 9.17) is 14.6 Å². The molecule has 0 aliphatic carbocycles. The number of ether oxygens (including phenoxy) is 2. The van der Waals surface area contributed by atoms with Crippen LogP contribution in [0.2, 0.25) is 0 Å². The van der Waals surface area contributed by atoms with E-state index in [9.17, 15) is 19.2 Å². The van der Waals surface area contributed by atoms with Gasteiger partial charge >= 0.3 is 17.2 Å². The van der Waals surface area contributed by atoms with Crippen molar-refractivity contribution in [1.82, 2.24) is 5.32 Å². The number of hydrogen-bond acceptors (Lipinski definition) is 7. The molecule has 1 amide bonds. The third-order valence-corrected chi connectivity index (χ3v) is 3.02. The number of amides is 1. The molecule has 0 saturated heterocycles. The predicted octanol–water partition coefficient (Wildman–Crippen LogP) is 1.38. The first-order valence-electron chi connectivity index (χ1n) is 6.48. The van der Waals surface area contributed by atoms with Crippen LogP contribution < -0.4 is 5.32 Å². The summed E-state index contributed by atoms with van der Waals surface area (Å²) in [6.07, 6.45) is -1.09. The van der Waals surface area contributed by atoms with E-state index in [0.717, 1.165) is 0 Å². The Morgan fingerprint density at radius 1 is 1.18 bits per heavy atom. The van der Waals surface area contributed by atoms with Gasteiger partial charge in [0, 0.05) is 19.6 Å². The molecule has 0 rings (SSSR count). The van der Waals surface area contributed by atoms with Crippen molar-refractivity contribution in [2.75, 3.05) is 5.75 Å². The summed E-state index contributed by atoms with van der Waals surface area (Å²) in [7, 11) is 0. The molecule has 0 saturated carbocycles. The van der Waals surface area contributed by atoms with Crippen LogP contribution in [0.4, 0.5) is 4.79 Å². The molecule has 0 bridgehead atoms. The summed E-state index contributed by atoms with van der Waals surface area (Å²) in [5, 5.41) is 10.3. The lowest BCUT2D eigenvalue weighted by molar-refractivity contribution is -0.173. The summed E-state index contributed by atoms with van der Waals surface area (Å²) in [5.41, 5.74) is -0.729. The molecule has 0 unspecified atom stereocenters. The van der Waals surface area contributed by atoms with Gasteiger partial charge in [0.1, 0.15) is 6.04 Å². The summed E-state index contributed by atoms with van der Waals surface area (Å²) < 4.78 is 9.75. The Morgan fingerprint density at radius 2 is 1.73 bits per heavy atom. The van der Waals surface area contributed by atoms with E-state index >= 15 is 0 Å². The monoisotopic (exact) mass is 335 g/mol. The van der Waals surface area contributed by atoms with Crippen molar-refractivity contribution < 1.29 is 33.8 Å². The predicted molar refractivity (Wildman–Crippen MR) is 79.2 cm³/mol. The minimum absolute atomic E-state index is 0.201. The van der Waals surface area contributed by atoms with Gasteiger partial charge in [-0.2, -0.15) is 0 Å². The SMILES string of the molecule is CC(=O)N[C@@H](CSC(=O)O[C@@H](C)OC(=O)C(C)(C)C)C(=O)O. The van der Waals surface area contributed by atoms with Gasteiger partial charge in [-0.3, -0.25) is 9.59 Å². The maximum Gasteiger partial charge on any atom is 0.370 e. The number of nitrogens with one attached hydrogen (secondary N) is 1. The van der Waals surface area contributed by atoms with Gasteiger partial charge in [0.15, 0.2) is 0 Å². The van der Waals surface area contributed by atoms with Crippen LogP contribution in [0.3, 0.4) is 0 Å². The second-order valence-corrected chi connectivity index (χ2v) is 6.45. The quantitative estimate of drug-likeness (QED) is 0.552. The molecule has 0 aromatic heterocycles. The molecular weight excluding hydrogens is 314 g/mol. The Balaban J connectivity index is 4.30. The average Bonchev–Trinajstić information content (AvgIpc) is 2.32. The molecule has 0 fully saturated rings. The van der Waals surface area contributed by atoms with Crippen LogP contribution in [0.25, 0.3) is 0 Å². The summed E-state index contributed by atoms with van der Waals surface area (Å²) in [4.78, 5) is 44.8. The van der Waals surface area contributed by atoms with Gasteiger partial charge in [0.2, 0.25) is 12.2 Å². The first-order chi connectivity index (χ1) is 9.93. The van der Waals surface area contributed by atoms with Crippen LogP contribution >= 0.6 is 11.8 Å². The lowest BCUT2D eigenvalue weighted by Crippen LogP contribution is -2.41. The number of rotatable bonds is 6. The van der Waals surface area contributed by atoms with Gasteiger partial charge in [0.25, 0.3) is 0 Å². The summed E-state index contributed by atoms with van der Waals surface area (Å²) in [6, 6.07) is -1.21. The maximum absolute atomic E-state index is 11.6. The van der Waals surface area contributed by atoms with Gasteiger partial charge in [0.05, 0.1) is 5.41 Å². The van der Waals surface area contributed by atoms with E-state index in [0.29, 0.717) is 11.8 Å². The van der Waals surface area contributed by atoms with E-state index in [2.05, 4.69) is 5.32 Å². The molecule has 0 heterocycles. The van der Waals surface area contributed by atoms with Crippen LogP contribution in [0.15, 0.2) is 0 Å². The maximum atomic E-state index is 11.6. The summed E-state index contributed by atoms with van der Waals surface area (Å²) in [6.45, 7) is 7.52. The van der Waals surface area contributed by atoms with Crippen LogP contribution in [0.1, 0.15) is 34.6 Å². The third kappa shape index (κ3) is 8.50. The largest absolute Gasteiger partial charge is 0.480 e. The van der Waals surface area contributed by atoms with E-state index in [-0.39, 0.29) is 5.75 Å². The highest BCUT2D eigenvalue weighted by atomic mass is 32.2. The van der Waals surface area contributed by atoms with Gasteiger partial charge in [-0.15, -0.1) is 0 Å². The highest BCUT2D eigenvalue weighted by Crippen LogP contribution is 2.18. The number of hydrogen-bond donors (Lipinski definition) is 2. The van der Waals surface area contributed by atoms with Crippen molar-refractivity contribution in [3.8, 4) is 0 Å². The molecule has 22 heavy (non-hydrogen) atoms. The fraction of sp³-hybridized carbons (Fsp3) is 0.692. The molecule has 0 aliphatic rings. The number of carbonyl (C=O) groups excluding carboxylic acids is 3. The third-order valence-electron chi connectivity index (χ3n) is 2.19. The summed E-state index contributed by atoms with van der Waals surface area (Å²) >= 11 is 0.570. The molecule has 2 N–H and O–H groups in total. The molecule has 9 heteroatoms. The molecule has 2 atom stereocenters.